The van der Waals surface area contributed by atoms with E-state index in [0.29, 0.717) is 24.3 Å². The molecular weight excluding hydrogens is 398 g/mol. The van der Waals surface area contributed by atoms with Crippen molar-refractivity contribution in [3.63, 3.8) is 0 Å². The Hall–Kier alpha value is -3.53. The summed E-state index contributed by atoms with van der Waals surface area (Å²) in [6.45, 7) is 5.83. The topological polar surface area (TPSA) is 116 Å². The average molecular weight is 423 g/mol. The van der Waals surface area contributed by atoms with Gasteiger partial charge in [0.1, 0.15) is 0 Å². The van der Waals surface area contributed by atoms with Crippen LogP contribution in [0.2, 0.25) is 0 Å². The number of hydrogen-bond donors (Lipinski definition) is 2. The second-order valence-electron chi connectivity index (χ2n) is 7.43. The molecule has 0 radical (unpaired) electrons. The molecule has 1 fully saturated rings. The number of anilines is 1. The van der Waals surface area contributed by atoms with Gasteiger partial charge in [0.2, 0.25) is 0 Å². The first kappa shape index (κ1) is 20.7. The number of hydrogen-bond acceptors (Lipinski definition) is 7. The Morgan fingerprint density at radius 3 is 2.68 bits per heavy atom. The molecule has 4 heterocycles. The van der Waals surface area contributed by atoms with Gasteiger partial charge in [-0.3, -0.25) is 19.1 Å². The van der Waals surface area contributed by atoms with Gasteiger partial charge >= 0.3 is 5.69 Å². The van der Waals surface area contributed by atoms with Gasteiger partial charge in [0.15, 0.2) is 11.2 Å². The molecule has 2 N–H and O–H groups in total. The number of carbonyl (C=O) groups is 1. The van der Waals surface area contributed by atoms with Crippen molar-refractivity contribution in [2.45, 2.75) is 20.0 Å². The molecule has 0 saturated carbocycles. The quantitative estimate of drug-likeness (QED) is 0.601. The predicted molar refractivity (Wildman–Crippen MR) is 117 cm³/mol. The monoisotopic (exact) mass is 423 g/mol. The number of nitrogens with zero attached hydrogens (tertiary/aromatic N) is 5. The molecule has 1 aliphatic rings. The number of nitrogens with one attached hydrogen (secondary N) is 2. The van der Waals surface area contributed by atoms with Crippen molar-refractivity contribution in [2.75, 3.05) is 38.1 Å². The summed E-state index contributed by atoms with van der Waals surface area (Å²) < 4.78 is 1.14. The molecule has 3 aromatic heterocycles. The molecule has 0 aromatic carbocycles. The van der Waals surface area contributed by atoms with E-state index in [4.69, 9.17) is 0 Å². The number of aromatic amines is 1. The number of amides is 1. The van der Waals surface area contributed by atoms with Crippen LogP contribution >= 0.6 is 0 Å². The van der Waals surface area contributed by atoms with E-state index in [1.54, 1.807) is 26.4 Å². The highest BCUT2D eigenvalue weighted by Gasteiger charge is 2.22. The fraction of sp³-hybridized carbons (Fsp3) is 0.381. The summed E-state index contributed by atoms with van der Waals surface area (Å²) in [5.41, 5.74) is 2.13. The molecule has 0 bridgehead atoms. The lowest BCUT2D eigenvalue weighted by atomic mass is 10.2. The number of fused-ring (bicyclic) bond motifs is 1. The Bertz CT molecular complexity index is 1230. The minimum atomic E-state index is -0.420. The predicted octanol–water partition coefficient (Wildman–Crippen LogP) is 0.182. The van der Waals surface area contributed by atoms with Gasteiger partial charge in [-0.1, -0.05) is 0 Å². The van der Waals surface area contributed by atoms with Crippen LogP contribution in [0.1, 0.15) is 23.0 Å². The van der Waals surface area contributed by atoms with E-state index < -0.39 is 5.69 Å². The SMILES string of the molecule is CCn1c(=O)[nH]c2cc(CN3CCN(c4cccnc4C(=O)NC)CC3)cnc2c1=O. The molecule has 3 aromatic rings. The fourth-order valence-electron chi connectivity index (χ4n) is 3.90. The summed E-state index contributed by atoms with van der Waals surface area (Å²) in [6, 6.07) is 5.57. The van der Waals surface area contributed by atoms with E-state index >= 15 is 0 Å². The standard InChI is InChI=1S/C21H25N7O3/c1-3-28-20(30)17-15(25-21(28)31)11-14(12-24-17)13-26-7-9-27(10-8-26)16-5-4-6-23-18(16)19(29)22-2/h4-6,11-12H,3,7-10,13H2,1-2H3,(H,22,29)(H,25,31). The molecule has 0 spiro atoms. The third-order valence-electron chi connectivity index (χ3n) is 5.54. The highest BCUT2D eigenvalue weighted by molar-refractivity contribution is 5.97. The molecule has 0 atom stereocenters. The van der Waals surface area contributed by atoms with Crippen LogP contribution in [0.15, 0.2) is 40.2 Å². The van der Waals surface area contributed by atoms with E-state index in [-0.39, 0.29) is 17.0 Å². The first-order valence-electron chi connectivity index (χ1n) is 10.3. The summed E-state index contributed by atoms with van der Waals surface area (Å²) in [7, 11) is 1.60. The fourth-order valence-corrected chi connectivity index (χ4v) is 3.90. The summed E-state index contributed by atoms with van der Waals surface area (Å²) in [5.74, 6) is -0.198. The summed E-state index contributed by atoms with van der Waals surface area (Å²) in [6.07, 6.45) is 3.32. The third-order valence-corrected chi connectivity index (χ3v) is 5.54. The summed E-state index contributed by atoms with van der Waals surface area (Å²) >= 11 is 0. The second kappa shape index (κ2) is 8.68. The number of piperazine rings is 1. The molecule has 0 aliphatic carbocycles. The zero-order valence-corrected chi connectivity index (χ0v) is 17.6. The Kier molecular flexibility index (Phi) is 5.81. The average Bonchev–Trinajstić information content (AvgIpc) is 2.79. The van der Waals surface area contributed by atoms with Crippen LogP contribution in [-0.2, 0) is 13.1 Å². The van der Waals surface area contributed by atoms with Gasteiger partial charge in [-0.15, -0.1) is 0 Å². The van der Waals surface area contributed by atoms with Crippen molar-refractivity contribution < 1.29 is 4.79 Å². The Labute approximate surface area is 178 Å². The molecule has 10 nitrogen and oxygen atoms in total. The van der Waals surface area contributed by atoms with Gasteiger partial charge in [0.05, 0.1) is 11.2 Å². The maximum atomic E-state index is 12.4. The first-order valence-corrected chi connectivity index (χ1v) is 10.3. The van der Waals surface area contributed by atoms with Crippen LogP contribution in [-0.4, -0.2) is 63.6 Å². The van der Waals surface area contributed by atoms with Crippen LogP contribution in [0.3, 0.4) is 0 Å². The molecule has 162 valence electrons. The molecule has 1 amide bonds. The van der Waals surface area contributed by atoms with Gasteiger partial charge in [-0.2, -0.15) is 0 Å². The highest BCUT2D eigenvalue weighted by Crippen LogP contribution is 2.21. The molecule has 1 saturated heterocycles. The normalized spacial score (nSPS) is 14.7. The van der Waals surface area contributed by atoms with Gasteiger partial charge in [0, 0.05) is 58.7 Å². The van der Waals surface area contributed by atoms with Gasteiger partial charge in [-0.05, 0) is 30.7 Å². The van der Waals surface area contributed by atoms with E-state index in [1.165, 1.54) is 0 Å². The Morgan fingerprint density at radius 1 is 1.19 bits per heavy atom. The Morgan fingerprint density at radius 2 is 1.97 bits per heavy atom. The van der Waals surface area contributed by atoms with Crippen molar-refractivity contribution in [2.24, 2.45) is 0 Å². The van der Waals surface area contributed by atoms with Gasteiger partial charge in [-0.25, -0.2) is 14.8 Å². The van der Waals surface area contributed by atoms with E-state index in [9.17, 15) is 14.4 Å². The lowest BCUT2D eigenvalue weighted by Gasteiger charge is -2.36. The van der Waals surface area contributed by atoms with Crippen LogP contribution in [0, 0.1) is 0 Å². The molecule has 1 aliphatic heterocycles. The zero-order chi connectivity index (χ0) is 22.0. The number of carbonyl (C=O) groups excluding carboxylic acids is 1. The number of rotatable bonds is 5. The zero-order valence-electron chi connectivity index (χ0n) is 17.6. The van der Waals surface area contributed by atoms with E-state index in [2.05, 4.69) is 30.1 Å². The highest BCUT2D eigenvalue weighted by atomic mass is 16.2. The van der Waals surface area contributed by atoms with Crippen molar-refractivity contribution in [1.82, 2.24) is 29.7 Å². The second-order valence-corrected chi connectivity index (χ2v) is 7.43. The maximum Gasteiger partial charge on any atom is 0.328 e. The van der Waals surface area contributed by atoms with Crippen LogP contribution in [0.4, 0.5) is 5.69 Å². The number of pyridine rings is 2. The minimum absolute atomic E-state index is 0.198. The smallest absolute Gasteiger partial charge is 0.328 e. The molecule has 31 heavy (non-hydrogen) atoms. The first-order chi connectivity index (χ1) is 15.0. The Balaban J connectivity index is 1.47. The van der Waals surface area contributed by atoms with Crippen LogP contribution in [0.5, 0.6) is 0 Å². The van der Waals surface area contributed by atoms with E-state index in [1.807, 2.05) is 18.2 Å². The third kappa shape index (κ3) is 4.06. The largest absolute Gasteiger partial charge is 0.367 e. The van der Waals surface area contributed by atoms with Crippen molar-refractivity contribution >= 4 is 22.6 Å². The molecule has 4 rings (SSSR count). The van der Waals surface area contributed by atoms with E-state index in [0.717, 1.165) is 42.0 Å². The number of H-pyrrole nitrogens is 1. The summed E-state index contributed by atoms with van der Waals surface area (Å²) in [4.78, 5) is 52.3. The lowest BCUT2D eigenvalue weighted by molar-refractivity contribution is 0.0958. The number of aromatic nitrogens is 4. The molecular formula is C21H25N7O3. The van der Waals surface area contributed by atoms with Gasteiger partial charge in [0.25, 0.3) is 11.5 Å². The van der Waals surface area contributed by atoms with Crippen molar-refractivity contribution in [1.29, 1.82) is 0 Å². The van der Waals surface area contributed by atoms with Crippen molar-refractivity contribution in [3.8, 4) is 0 Å². The molecule has 0 unspecified atom stereocenters. The van der Waals surface area contributed by atoms with Crippen LogP contribution < -0.4 is 21.5 Å². The van der Waals surface area contributed by atoms with Crippen LogP contribution in [0.25, 0.3) is 11.0 Å². The lowest BCUT2D eigenvalue weighted by Crippen LogP contribution is -2.46. The summed E-state index contributed by atoms with van der Waals surface area (Å²) in [5, 5.41) is 2.64. The maximum absolute atomic E-state index is 12.4. The van der Waals surface area contributed by atoms with Gasteiger partial charge < -0.3 is 15.2 Å². The minimum Gasteiger partial charge on any atom is -0.367 e. The van der Waals surface area contributed by atoms with Crippen molar-refractivity contribution in [3.05, 3.63) is 62.7 Å². The molecule has 10 heteroatoms.